The largest absolute Gasteiger partial charge is 0.462 e. The fourth-order valence-electron chi connectivity index (χ4n) is 11.0. The molecule has 0 radical (unpaired) electrons. The van der Waals surface area contributed by atoms with Crippen molar-refractivity contribution >= 4 is 17.9 Å². The molecule has 0 rings (SSSR count). The molecule has 0 N–H and O–H groups in total. The van der Waals surface area contributed by atoms with Crippen LogP contribution in [0.4, 0.5) is 0 Å². The average molecular weight is 1140 g/mol. The van der Waals surface area contributed by atoms with Gasteiger partial charge in [-0.2, -0.15) is 0 Å². The predicted molar refractivity (Wildman–Crippen MR) is 353 cm³/mol. The summed E-state index contributed by atoms with van der Waals surface area (Å²) in [5, 5.41) is 0. The molecule has 0 fully saturated rings. The number of hydrogen-bond donors (Lipinski definition) is 0. The first kappa shape index (κ1) is 78.4. The van der Waals surface area contributed by atoms with Gasteiger partial charge in [0.25, 0.3) is 0 Å². The lowest BCUT2D eigenvalue weighted by atomic mass is 10.0. The molecule has 0 aliphatic heterocycles. The van der Waals surface area contributed by atoms with Crippen LogP contribution in [-0.4, -0.2) is 37.2 Å². The number of hydrogen-bond acceptors (Lipinski definition) is 6. The number of allylic oxidation sites excluding steroid dienone is 8. The zero-order valence-corrected chi connectivity index (χ0v) is 54.6. The highest BCUT2D eigenvalue weighted by atomic mass is 16.6. The van der Waals surface area contributed by atoms with Crippen LogP contribution in [0.3, 0.4) is 0 Å². The number of ether oxygens (including phenoxy) is 3. The first-order chi connectivity index (χ1) is 40.0. The minimum absolute atomic E-state index is 0.0808. The van der Waals surface area contributed by atoms with Crippen LogP contribution in [0, 0.1) is 0 Å². The predicted octanol–water partition coefficient (Wildman–Crippen LogP) is 24.9. The summed E-state index contributed by atoms with van der Waals surface area (Å²) in [7, 11) is 0. The molecule has 81 heavy (non-hydrogen) atoms. The van der Waals surface area contributed by atoms with Gasteiger partial charge < -0.3 is 14.2 Å². The van der Waals surface area contributed by atoms with E-state index in [1.807, 2.05) is 0 Å². The maximum absolute atomic E-state index is 13.0. The summed E-state index contributed by atoms with van der Waals surface area (Å²) in [6.45, 7) is 6.57. The van der Waals surface area contributed by atoms with Gasteiger partial charge in [-0.1, -0.05) is 365 Å². The van der Waals surface area contributed by atoms with Crippen LogP contribution >= 0.6 is 0 Å². The Labute approximate surface area is 505 Å². The number of unbranched alkanes of at least 4 members (excludes halogenated alkanes) is 48. The Hall–Kier alpha value is -2.63. The molecule has 0 aliphatic rings. The Morgan fingerprint density at radius 1 is 0.259 bits per heavy atom. The quantitative estimate of drug-likeness (QED) is 0.0261. The van der Waals surface area contributed by atoms with E-state index in [0.29, 0.717) is 19.3 Å². The summed E-state index contributed by atoms with van der Waals surface area (Å²) in [5.74, 6) is -0.895. The molecular formula is C75H138O6. The van der Waals surface area contributed by atoms with Crippen molar-refractivity contribution in [1.82, 2.24) is 0 Å². The monoisotopic (exact) mass is 1140 g/mol. The van der Waals surface area contributed by atoms with E-state index in [0.717, 1.165) is 83.5 Å². The lowest BCUT2D eigenvalue weighted by Crippen LogP contribution is -2.30. The molecule has 0 aliphatic carbocycles. The van der Waals surface area contributed by atoms with Crippen LogP contribution < -0.4 is 0 Å². The van der Waals surface area contributed by atoms with Crippen LogP contribution in [-0.2, 0) is 28.6 Å². The van der Waals surface area contributed by atoms with E-state index >= 15 is 0 Å². The van der Waals surface area contributed by atoms with Gasteiger partial charge in [0, 0.05) is 19.3 Å². The Balaban J connectivity index is 4.27. The molecule has 0 amide bonds. The third kappa shape index (κ3) is 68.0. The van der Waals surface area contributed by atoms with Crippen molar-refractivity contribution in [3.63, 3.8) is 0 Å². The van der Waals surface area contributed by atoms with Gasteiger partial charge in [0.15, 0.2) is 6.10 Å². The van der Waals surface area contributed by atoms with Gasteiger partial charge in [-0.3, -0.25) is 14.4 Å². The fourth-order valence-corrected chi connectivity index (χ4v) is 11.0. The Kier molecular flexibility index (Phi) is 67.6. The van der Waals surface area contributed by atoms with Crippen LogP contribution in [0.15, 0.2) is 48.6 Å². The third-order valence-corrected chi connectivity index (χ3v) is 16.3. The van der Waals surface area contributed by atoms with Crippen molar-refractivity contribution in [3.8, 4) is 0 Å². The molecule has 0 aromatic rings. The maximum atomic E-state index is 13.0. The van der Waals surface area contributed by atoms with Crippen molar-refractivity contribution in [3.05, 3.63) is 48.6 Å². The van der Waals surface area contributed by atoms with Crippen LogP contribution in [0.1, 0.15) is 393 Å². The molecule has 474 valence electrons. The molecule has 0 aromatic heterocycles. The second-order valence-corrected chi connectivity index (χ2v) is 24.5. The van der Waals surface area contributed by atoms with Gasteiger partial charge in [-0.15, -0.1) is 0 Å². The van der Waals surface area contributed by atoms with E-state index in [9.17, 15) is 14.4 Å². The van der Waals surface area contributed by atoms with Crippen molar-refractivity contribution in [2.75, 3.05) is 13.2 Å². The zero-order valence-electron chi connectivity index (χ0n) is 54.6. The first-order valence-corrected chi connectivity index (χ1v) is 36.1. The minimum Gasteiger partial charge on any atom is -0.462 e. The summed E-state index contributed by atoms with van der Waals surface area (Å²) in [5.41, 5.74) is 0. The lowest BCUT2D eigenvalue weighted by Gasteiger charge is -2.18. The summed E-state index contributed by atoms with van der Waals surface area (Å²) in [6, 6.07) is 0. The fraction of sp³-hybridized carbons (Fsp3) is 0.853. The molecule has 0 heterocycles. The summed E-state index contributed by atoms with van der Waals surface area (Å²) in [4.78, 5) is 38.4. The summed E-state index contributed by atoms with van der Waals surface area (Å²) in [6.07, 6.45) is 88.7. The second-order valence-electron chi connectivity index (χ2n) is 24.5. The maximum Gasteiger partial charge on any atom is 0.306 e. The Morgan fingerprint density at radius 3 is 0.753 bits per heavy atom. The summed E-state index contributed by atoms with van der Waals surface area (Å²) >= 11 is 0. The van der Waals surface area contributed by atoms with Gasteiger partial charge in [0.05, 0.1) is 0 Å². The lowest BCUT2D eigenvalue weighted by molar-refractivity contribution is -0.167. The molecule has 0 spiro atoms. The number of rotatable bonds is 67. The third-order valence-electron chi connectivity index (χ3n) is 16.3. The molecule has 0 saturated heterocycles. The van der Waals surface area contributed by atoms with E-state index < -0.39 is 6.10 Å². The molecule has 0 bridgehead atoms. The molecular weight excluding hydrogens is 997 g/mol. The molecule has 6 heteroatoms. The minimum atomic E-state index is -0.789. The van der Waals surface area contributed by atoms with Crippen molar-refractivity contribution < 1.29 is 28.6 Å². The van der Waals surface area contributed by atoms with Gasteiger partial charge in [0.2, 0.25) is 0 Å². The summed E-state index contributed by atoms with van der Waals surface area (Å²) < 4.78 is 17.0. The number of carbonyl (C=O) groups excluding carboxylic acids is 3. The van der Waals surface area contributed by atoms with Crippen LogP contribution in [0.25, 0.3) is 0 Å². The molecule has 1 atom stereocenters. The van der Waals surface area contributed by atoms with Crippen molar-refractivity contribution in [2.24, 2.45) is 0 Å². The highest BCUT2D eigenvalue weighted by Gasteiger charge is 2.19. The standard InChI is InChI=1S/C75H138O6/c1-4-7-10-13-16-19-22-25-28-30-32-34-36-38-40-42-44-47-50-53-56-59-62-65-68-74(77)80-71-72(70-79-73(76)67-64-61-58-55-52-49-46-27-24-21-18-15-12-9-6-3)81-75(78)69-66-63-60-57-54-51-48-45-43-41-39-37-35-33-31-29-26-23-20-17-14-11-8-5-2/h9,12,18,21,27,46,52,55,72H,4-8,10-11,13-17,19-20,22-26,28-45,47-51,53-54,56-71H2,1-3H3/b12-9-,21-18-,46-27-,55-52-. The SMILES string of the molecule is CC/C=C\C/C=C\C/C=C\C/C=C\CCCCC(=O)OCC(COC(=O)CCCCCCCCCCCCCCCCCCCCCCCCCC)OC(=O)CCCCCCCCCCCCCCCCCCCCCCCCCC. The molecule has 0 aromatic carbocycles. The number of carbonyl (C=O) groups is 3. The number of esters is 3. The van der Waals surface area contributed by atoms with Gasteiger partial charge in [0.1, 0.15) is 13.2 Å². The molecule has 0 saturated carbocycles. The topological polar surface area (TPSA) is 78.9 Å². The Bertz CT molecular complexity index is 1400. The smallest absolute Gasteiger partial charge is 0.306 e. The van der Waals surface area contributed by atoms with Crippen molar-refractivity contribution in [1.29, 1.82) is 0 Å². The van der Waals surface area contributed by atoms with E-state index in [-0.39, 0.29) is 31.1 Å². The first-order valence-electron chi connectivity index (χ1n) is 36.1. The highest BCUT2D eigenvalue weighted by molar-refractivity contribution is 5.71. The molecule has 6 nitrogen and oxygen atoms in total. The van der Waals surface area contributed by atoms with E-state index in [4.69, 9.17) is 14.2 Å². The van der Waals surface area contributed by atoms with E-state index in [1.165, 1.54) is 270 Å². The second kappa shape index (κ2) is 69.9. The average Bonchev–Trinajstić information content (AvgIpc) is 3.47. The zero-order chi connectivity index (χ0) is 58.5. The van der Waals surface area contributed by atoms with Gasteiger partial charge in [-0.25, -0.2) is 0 Å². The Morgan fingerprint density at radius 2 is 0.481 bits per heavy atom. The highest BCUT2D eigenvalue weighted by Crippen LogP contribution is 2.19. The normalized spacial score (nSPS) is 12.3. The van der Waals surface area contributed by atoms with Crippen LogP contribution in [0.5, 0.6) is 0 Å². The van der Waals surface area contributed by atoms with Gasteiger partial charge in [-0.05, 0) is 57.8 Å². The van der Waals surface area contributed by atoms with Crippen LogP contribution in [0.2, 0.25) is 0 Å². The van der Waals surface area contributed by atoms with E-state index in [2.05, 4.69) is 69.4 Å². The molecule has 1 unspecified atom stereocenters. The van der Waals surface area contributed by atoms with E-state index in [1.54, 1.807) is 0 Å². The van der Waals surface area contributed by atoms with Gasteiger partial charge >= 0.3 is 17.9 Å². The van der Waals surface area contributed by atoms with Crippen molar-refractivity contribution in [2.45, 2.75) is 399 Å².